The zero-order valence-corrected chi connectivity index (χ0v) is 38.1. The monoisotopic (exact) mass is 855 g/mol. The fourth-order valence-electron chi connectivity index (χ4n) is 6.52. The molecule has 1 aliphatic heterocycles. The average molecular weight is 855 g/mol. The molecule has 0 spiro atoms. The molecule has 0 bridgehead atoms. The topological polar surface area (TPSA) is 135 Å². The van der Waals surface area contributed by atoms with Gasteiger partial charge < -0.3 is 39.4 Å². The van der Waals surface area contributed by atoms with Gasteiger partial charge in [0.15, 0.2) is 6.29 Å². The summed E-state index contributed by atoms with van der Waals surface area (Å²) < 4.78 is 22.8. The van der Waals surface area contributed by atoms with Crippen LogP contribution in [0.15, 0.2) is 97.2 Å². The highest BCUT2D eigenvalue weighted by Gasteiger charge is 2.44. The molecule has 0 amide bonds. The van der Waals surface area contributed by atoms with Crippen LogP contribution in [0.5, 0.6) is 0 Å². The second kappa shape index (κ2) is 42.4. The summed E-state index contributed by atoms with van der Waals surface area (Å²) in [5.74, 6) is -0.344. The molecule has 1 saturated heterocycles. The fraction of sp³-hybridized carbons (Fsp3) is 0.673. The molecule has 1 fully saturated rings. The molecule has 0 aromatic rings. The Morgan fingerprint density at radius 3 is 1.51 bits per heavy atom. The molecular formula is C52H86O9. The molecule has 1 rings (SSSR count). The minimum atomic E-state index is -1.55. The van der Waals surface area contributed by atoms with Gasteiger partial charge in [0.05, 0.1) is 19.8 Å². The molecule has 6 atom stereocenters. The van der Waals surface area contributed by atoms with Gasteiger partial charge in [0.2, 0.25) is 0 Å². The number of esters is 1. The summed E-state index contributed by atoms with van der Waals surface area (Å²) >= 11 is 0. The van der Waals surface area contributed by atoms with Crippen molar-refractivity contribution >= 4 is 5.97 Å². The summed E-state index contributed by atoms with van der Waals surface area (Å²) in [6.07, 6.45) is 51.5. The summed E-state index contributed by atoms with van der Waals surface area (Å²) in [6.45, 7) is 4.31. The highest BCUT2D eigenvalue weighted by molar-refractivity contribution is 5.69. The van der Waals surface area contributed by atoms with Crippen molar-refractivity contribution in [2.45, 2.75) is 198 Å². The van der Waals surface area contributed by atoms with Crippen molar-refractivity contribution in [2.75, 3.05) is 26.4 Å². The maximum atomic E-state index is 12.8. The van der Waals surface area contributed by atoms with Gasteiger partial charge in [-0.25, -0.2) is 0 Å². The molecule has 0 aliphatic carbocycles. The second-order valence-corrected chi connectivity index (χ2v) is 15.8. The fourth-order valence-corrected chi connectivity index (χ4v) is 6.52. The summed E-state index contributed by atoms with van der Waals surface area (Å²) in [5, 5.41) is 40.2. The number of rotatable bonds is 39. The van der Waals surface area contributed by atoms with Gasteiger partial charge >= 0.3 is 5.97 Å². The highest BCUT2D eigenvalue weighted by Crippen LogP contribution is 2.22. The van der Waals surface area contributed by atoms with Crippen LogP contribution in [0.1, 0.15) is 162 Å². The van der Waals surface area contributed by atoms with E-state index < -0.39 is 43.4 Å². The van der Waals surface area contributed by atoms with E-state index in [1.807, 2.05) is 0 Å². The molecule has 0 aromatic carbocycles. The molecule has 6 unspecified atom stereocenters. The summed E-state index contributed by atoms with van der Waals surface area (Å²) in [6, 6.07) is 0. The maximum Gasteiger partial charge on any atom is 0.306 e. The zero-order chi connectivity index (χ0) is 44.3. The lowest BCUT2D eigenvalue weighted by Crippen LogP contribution is -2.59. The second-order valence-electron chi connectivity index (χ2n) is 15.8. The van der Waals surface area contributed by atoms with Crippen LogP contribution in [-0.4, -0.2) is 89.6 Å². The maximum absolute atomic E-state index is 12.8. The first kappa shape index (κ1) is 56.1. The molecule has 9 nitrogen and oxygen atoms in total. The van der Waals surface area contributed by atoms with E-state index in [4.69, 9.17) is 18.9 Å². The number of hydrogen-bond donors (Lipinski definition) is 4. The first-order chi connectivity index (χ1) is 29.9. The number of aliphatic hydroxyl groups excluding tert-OH is 4. The van der Waals surface area contributed by atoms with Gasteiger partial charge in [-0.15, -0.1) is 0 Å². The van der Waals surface area contributed by atoms with E-state index in [0.29, 0.717) is 6.61 Å². The van der Waals surface area contributed by atoms with Crippen LogP contribution in [0.2, 0.25) is 0 Å². The van der Waals surface area contributed by atoms with E-state index in [9.17, 15) is 25.2 Å². The van der Waals surface area contributed by atoms with Gasteiger partial charge in [-0.2, -0.15) is 0 Å². The van der Waals surface area contributed by atoms with E-state index in [1.54, 1.807) is 0 Å². The Bertz CT molecular complexity index is 1250. The van der Waals surface area contributed by atoms with E-state index in [2.05, 4.69) is 111 Å². The number of unbranched alkanes of at least 4 members (excludes halogenated alkanes) is 12. The third-order valence-electron chi connectivity index (χ3n) is 10.2. The highest BCUT2D eigenvalue weighted by atomic mass is 16.7. The van der Waals surface area contributed by atoms with Crippen molar-refractivity contribution in [2.24, 2.45) is 0 Å². The van der Waals surface area contributed by atoms with Gasteiger partial charge in [-0.05, 0) is 96.3 Å². The predicted molar refractivity (Wildman–Crippen MR) is 251 cm³/mol. The molecule has 0 saturated carbocycles. The van der Waals surface area contributed by atoms with E-state index >= 15 is 0 Å². The van der Waals surface area contributed by atoms with Crippen LogP contribution in [0.25, 0.3) is 0 Å². The number of ether oxygens (including phenoxy) is 4. The Morgan fingerprint density at radius 1 is 0.541 bits per heavy atom. The van der Waals surface area contributed by atoms with E-state index in [0.717, 1.165) is 109 Å². The van der Waals surface area contributed by atoms with E-state index in [-0.39, 0.29) is 25.6 Å². The van der Waals surface area contributed by atoms with Crippen molar-refractivity contribution in [1.82, 2.24) is 0 Å². The predicted octanol–water partition coefficient (Wildman–Crippen LogP) is 11.2. The normalized spacial score (nSPS) is 20.8. The van der Waals surface area contributed by atoms with Gasteiger partial charge in [0.25, 0.3) is 0 Å². The van der Waals surface area contributed by atoms with Crippen LogP contribution < -0.4 is 0 Å². The quantitative estimate of drug-likeness (QED) is 0.0271. The molecule has 9 heteroatoms. The summed E-state index contributed by atoms with van der Waals surface area (Å²) in [4.78, 5) is 12.8. The minimum Gasteiger partial charge on any atom is -0.457 e. The van der Waals surface area contributed by atoms with Crippen LogP contribution in [0.3, 0.4) is 0 Å². The van der Waals surface area contributed by atoms with Crippen LogP contribution in [0, 0.1) is 0 Å². The summed E-state index contributed by atoms with van der Waals surface area (Å²) in [5.41, 5.74) is 0. The minimum absolute atomic E-state index is 0.110. The Hall–Kier alpha value is -2.89. The number of carbonyl (C=O) groups is 1. The standard InChI is InChI=1S/C52H86O9/c1-3-5-7-9-11-13-15-17-19-21-22-23-24-25-26-28-30-32-34-36-38-40-42-58-44-46(45-59-52-51(57)50(56)49(55)47(43-53)61-52)60-48(54)41-39-37-35-33-31-29-27-20-18-16-14-12-10-8-6-4-2/h5,7,11,13-14,16-17,19-20,22-23,25-27,30,32,46-47,49-53,55-57H,3-4,6,8-10,12,15,18,21,24,28-29,31,33-45H2,1-2H3/b7-5-,13-11-,16-14-,19-17-,23-22-,26-25-,27-20-,32-30-. The lowest BCUT2D eigenvalue weighted by atomic mass is 9.99. The largest absolute Gasteiger partial charge is 0.457 e. The third-order valence-corrected chi connectivity index (χ3v) is 10.2. The first-order valence-corrected chi connectivity index (χ1v) is 23.8. The van der Waals surface area contributed by atoms with E-state index in [1.165, 1.54) is 32.1 Å². The number of aliphatic hydroxyl groups is 4. The molecule has 1 heterocycles. The van der Waals surface area contributed by atoms with Gasteiger partial charge in [0, 0.05) is 13.0 Å². The Morgan fingerprint density at radius 2 is 1.00 bits per heavy atom. The number of hydrogen-bond acceptors (Lipinski definition) is 9. The SMILES string of the molecule is CC/C=C\C/C=C\C/C=C\C/C=C\C/C=C\C/C=C\CCCCCOCC(COC1OC(CO)C(O)C(O)C1O)OC(=O)CCCCCCC/C=C\C/C=C\CCCCCC. The van der Waals surface area contributed by atoms with Crippen LogP contribution >= 0.6 is 0 Å². The van der Waals surface area contributed by atoms with Crippen molar-refractivity contribution in [1.29, 1.82) is 0 Å². The van der Waals surface area contributed by atoms with Gasteiger partial charge in [-0.3, -0.25) is 4.79 Å². The Labute approximate surface area is 371 Å². The molecule has 1 aliphatic rings. The van der Waals surface area contributed by atoms with Crippen molar-refractivity contribution in [3.05, 3.63) is 97.2 Å². The van der Waals surface area contributed by atoms with Gasteiger partial charge in [0.1, 0.15) is 30.5 Å². The third kappa shape index (κ3) is 33.4. The lowest BCUT2D eigenvalue weighted by molar-refractivity contribution is -0.305. The summed E-state index contributed by atoms with van der Waals surface area (Å²) in [7, 11) is 0. The molecule has 348 valence electrons. The van der Waals surface area contributed by atoms with Crippen LogP contribution in [0.4, 0.5) is 0 Å². The Balaban J connectivity index is 2.30. The molecule has 61 heavy (non-hydrogen) atoms. The van der Waals surface area contributed by atoms with Crippen LogP contribution in [-0.2, 0) is 23.7 Å². The van der Waals surface area contributed by atoms with Crippen molar-refractivity contribution < 1.29 is 44.2 Å². The Kier molecular flexibility index (Phi) is 39.0. The molecular weight excluding hydrogens is 769 g/mol. The first-order valence-electron chi connectivity index (χ1n) is 23.8. The average Bonchev–Trinajstić information content (AvgIpc) is 3.26. The zero-order valence-electron chi connectivity index (χ0n) is 38.1. The molecule has 4 N–H and O–H groups in total. The lowest BCUT2D eigenvalue weighted by Gasteiger charge is -2.39. The molecule has 0 radical (unpaired) electrons. The van der Waals surface area contributed by atoms with Gasteiger partial charge in [-0.1, -0.05) is 156 Å². The number of carbonyl (C=O) groups excluding carboxylic acids is 1. The smallest absolute Gasteiger partial charge is 0.306 e. The number of allylic oxidation sites excluding steroid dienone is 16. The molecule has 0 aromatic heterocycles. The van der Waals surface area contributed by atoms with Crippen molar-refractivity contribution in [3.8, 4) is 0 Å². The van der Waals surface area contributed by atoms with Crippen molar-refractivity contribution in [3.63, 3.8) is 0 Å².